The molecule has 1 aliphatic carbocycles. The van der Waals surface area contributed by atoms with Gasteiger partial charge in [-0.2, -0.15) is 0 Å². The molecule has 11 heavy (non-hydrogen) atoms. The van der Waals surface area contributed by atoms with E-state index in [2.05, 4.69) is 32.8 Å². The molecule has 0 amide bonds. The van der Waals surface area contributed by atoms with Gasteiger partial charge in [0.1, 0.15) is 6.29 Å². The molecule has 0 radical (unpaired) electrons. The normalized spacial score (nSPS) is 30.6. The van der Waals surface area contributed by atoms with Crippen LogP contribution in [0.5, 0.6) is 0 Å². The van der Waals surface area contributed by atoms with E-state index in [1.54, 1.807) is 0 Å². The summed E-state index contributed by atoms with van der Waals surface area (Å²) in [5.41, 5.74) is 0.186. The van der Waals surface area contributed by atoms with Crippen LogP contribution in [0.25, 0.3) is 0 Å². The van der Waals surface area contributed by atoms with Crippen LogP contribution in [0.15, 0.2) is 0 Å². The third-order valence-corrected chi connectivity index (χ3v) is 3.07. The molecular weight excluding hydrogens is 138 g/mol. The number of carbonyl (C=O) groups excluding carboxylic acids is 1. The van der Waals surface area contributed by atoms with Crippen LogP contribution < -0.4 is 0 Å². The maximum absolute atomic E-state index is 10.4. The van der Waals surface area contributed by atoms with Crippen molar-refractivity contribution in [3.05, 3.63) is 0 Å². The Hall–Kier alpha value is -0.370. The maximum atomic E-state index is 10.4. The van der Waals surface area contributed by atoms with E-state index in [0.29, 0.717) is 11.8 Å². The van der Waals surface area contributed by atoms with Gasteiger partial charge in [0, 0.05) is 11.5 Å². The second kappa shape index (κ2) is 2.59. The highest BCUT2D eigenvalue weighted by Gasteiger charge is 2.48. The van der Waals surface area contributed by atoms with Crippen molar-refractivity contribution in [2.75, 3.05) is 14.1 Å². The number of carbonyl (C=O) groups is 1. The molecule has 2 heteroatoms. The van der Waals surface area contributed by atoms with Crippen molar-refractivity contribution in [2.24, 2.45) is 11.8 Å². The lowest BCUT2D eigenvalue weighted by molar-refractivity contribution is -0.109. The highest BCUT2D eigenvalue weighted by atomic mass is 16.1. The summed E-state index contributed by atoms with van der Waals surface area (Å²) in [5.74, 6) is 0.905. The van der Waals surface area contributed by atoms with E-state index in [1.807, 2.05) is 0 Å². The van der Waals surface area contributed by atoms with Gasteiger partial charge in [0.15, 0.2) is 0 Å². The average molecular weight is 155 g/mol. The molecule has 1 rings (SSSR count). The maximum Gasteiger partial charge on any atom is 0.123 e. The number of aldehydes is 1. The molecule has 0 N–H and O–H groups in total. The van der Waals surface area contributed by atoms with Crippen molar-refractivity contribution < 1.29 is 4.79 Å². The Morgan fingerprint density at radius 1 is 1.45 bits per heavy atom. The van der Waals surface area contributed by atoms with Crippen LogP contribution in [0.4, 0.5) is 0 Å². The highest BCUT2D eigenvalue weighted by molar-refractivity contribution is 5.58. The van der Waals surface area contributed by atoms with E-state index in [1.165, 1.54) is 0 Å². The van der Waals surface area contributed by atoms with E-state index in [9.17, 15) is 4.79 Å². The van der Waals surface area contributed by atoms with E-state index < -0.39 is 0 Å². The van der Waals surface area contributed by atoms with Gasteiger partial charge in [-0.05, 0) is 40.3 Å². The molecular formula is C9H17NO. The SMILES string of the molecule is CN(C)C(C)(C)[C@H]1C[C@H]1C=O. The van der Waals surface area contributed by atoms with Crippen molar-refractivity contribution in [1.29, 1.82) is 0 Å². The zero-order chi connectivity index (χ0) is 8.65. The summed E-state index contributed by atoms with van der Waals surface area (Å²) in [5, 5.41) is 0. The lowest BCUT2D eigenvalue weighted by Crippen LogP contribution is -2.40. The first-order valence-electron chi connectivity index (χ1n) is 4.13. The second-order valence-electron chi connectivity index (χ2n) is 4.19. The van der Waals surface area contributed by atoms with Gasteiger partial charge < -0.3 is 9.69 Å². The molecule has 1 saturated carbocycles. The molecule has 0 aromatic heterocycles. The molecule has 0 aliphatic heterocycles. The van der Waals surface area contributed by atoms with Gasteiger partial charge in [0.2, 0.25) is 0 Å². The van der Waals surface area contributed by atoms with Crippen molar-refractivity contribution in [3.8, 4) is 0 Å². The summed E-state index contributed by atoms with van der Waals surface area (Å²) in [7, 11) is 4.14. The van der Waals surface area contributed by atoms with E-state index in [4.69, 9.17) is 0 Å². The Morgan fingerprint density at radius 3 is 2.27 bits per heavy atom. The predicted octanol–water partition coefficient (Wildman–Crippen LogP) is 1.16. The Morgan fingerprint density at radius 2 is 2.00 bits per heavy atom. The molecule has 2 nitrogen and oxygen atoms in total. The summed E-state index contributed by atoms with van der Waals surface area (Å²) in [6.07, 6.45) is 2.17. The number of rotatable bonds is 3. The zero-order valence-electron chi connectivity index (χ0n) is 7.79. The van der Waals surface area contributed by atoms with Crippen molar-refractivity contribution in [2.45, 2.75) is 25.8 Å². The number of hydrogen-bond acceptors (Lipinski definition) is 2. The Balaban J connectivity index is 2.54. The Kier molecular flexibility index (Phi) is 2.06. The second-order valence-corrected chi connectivity index (χ2v) is 4.19. The van der Waals surface area contributed by atoms with Gasteiger partial charge in [0.05, 0.1) is 0 Å². The molecule has 0 aromatic rings. The smallest absolute Gasteiger partial charge is 0.123 e. The van der Waals surface area contributed by atoms with Crippen molar-refractivity contribution >= 4 is 6.29 Å². The average Bonchev–Trinajstić information content (AvgIpc) is 2.65. The van der Waals surface area contributed by atoms with Crippen molar-refractivity contribution in [3.63, 3.8) is 0 Å². The fourth-order valence-corrected chi connectivity index (χ4v) is 1.51. The summed E-state index contributed by atoms with van der Waals surface area (Å²) in [6, 6.07) is 0. The first kappa shape index (κ1) is 8.72. The van der Waals surface area contributed by atoms with Crippen molar-refractivity contribution in [1.82, 2.24) is 4.90 Å². The lowest BCUT2D eigenvalue weighted by Gasteiger charge is -2.32. The number of nitrogens with zero attached hydrogens (tertiary/aromatic N) is 1. The summed E-state index contributed by atoms with van der Waals surface area (Å²) in [6.45, 7) is 4.39. The fourth-order valence-electron chi connectivity index (χ4n) is 1.51. The van der Waals surface area contributed by atoms with E-state index >= 15 is 0 Å². The van der Waals surface area contributed by atoms with Gasteiger partial charge in [0.25, 0.3) is 0 Å². The highest BCUT2D eigenvalue weighted by Crippen LogP contribution is 2.46. The minimum atomic E-state index is 0.186. The first-order valence-corrected chi connectivity index (χ1v) is 4.13. The molecule has 0 aromatic carbocycles. The zero-order valence-corrected chi connectivity index (χ0v) is 7.79. The lowest BCUT2D eigenvalue weighted by atomic mass is 9.96. The van der Waals surface area contributed by atoms with Crippen LogP contribution >= 0.6 is 0 Å². The topological polar surface area (TPSA) is 20.3 Å². The molecule has 1 aliphatic rings. The molecule has 0 bridgehead atoms. The molecule has 0 spiro atoms. The largest absolute Gasteiger partial charge is 0.304 e. The van der Waals surface area contributed by atoms with Crippen LogP contribution in [0.2, 0.25) is 0 Å². The third kappa shape index (κ3) is 1.45. The minimum absolute atomic E-state index is 0.186. The standard InChI is InChI=1S/C9H17NO/c1-9(2,10(3)4)8-5-7(8)6-11/h6-8H,5H2,1-4H3/t7-,8-/m0/s1. The van der Waals surface area contributed by atoms with Gasteiger partial charge in [-0.3, -0.25) is 0 Å². The van der Waals surface area contributed by atoms with Gasteiger partial charge in [-0.1, -0.05) is 0 Å². The summed E-state index contributed by atoms with van der Waals surface area (Å²) in [4.78, 5) is 12.6. The summed E-state index contributed by atoms with van der Waals surface area (Å²) >= 11 is 0. The van der Waals surface area contributed by atoms with Crippen LogP contribution in [0.1, 0.15) is 20.3 Å². The predicted molar refractivity (Wildman–Crippen MR) is 45.4 cm³/mol. The van der Waals surface area contributed by atoms with Gasteiger partial charge >= 0.3 is 0 Å². The molecule has 2 atom stereocenters. The van der Waals surface area contributed by atoms with Crippen LogP contribution in [-0.4, -0.2) is 30.8 Å². The molecule has 0 saturated heterocycles. The third-order valence-electron chi connectivity index (χ3n) is 3.07. The van der Waals surface area contributed by atoms with Crippen LogP contribution in [0.3, 0.4) is 0 Å². The minimum Gasteiger partial charge on any atom is -0.304 e. The quantitative estimate of drug-likeness (QED) is 0.570. The van der Waals surface area contributed by atoms with E-state index in [-0.39, 0.29) is 5.54 Å². The van der Waals surface area contributed by atoms with Crippen LogP contribution in [0, 0.1) is 11.8 Å². The molecule has 1 fully saturated rings. The molecule has 64 valence electrons. The molecule has 0 unspecified atom stereocenters. The van der Waals surface area contributed by atoms with Crippen LogP contribution in [-0.2, 0) is 4.79 Å². The van der Waals surface area contributed by atoms with E-state index in [0.717, 1.165) is 12.7 Å². The monoisotopic (exact) mass is 155 g/mol. The first-order chi connectivity index (χ1) is 5.00. The molecule has 0 heterocycles. The van der Waals surface area contributed by atoms with Gasteiger partial charge in [-0.25, -0.2) is 0 Å². The summed E-state index contributed by atoms with van der Waals surface area (Å²) < 4.78 is 0. The Bertz CT molecular complexity index is 163. The Labute approximate surface area is 68.6 Å². The van der Waals surface area contributed by atoms with Gasteiger partial charge in [-0.15, -0.1) is 0 Å². The number of hydrogen-bond donors (Lipinski definition) is 0. The fraction of sp³-hybridized carbons (Fsp3) is 0.889.